The van der Waals surface area contributed by atoms with Crippen molar-refractivity contribution in [2.45, 2.75) is 56.4 Å². The van der Waals surface area contributed by atoms with Crippen molar-refractivity contribution in [3.8, 4) is 0 Å². The molecule has 1 aliphatic carbocycles. The van der Waals surface area contributed by atoms with Crippen LogP contribution < -0.4 is 0 Å². The molecule has 1 aromatic carbocycles. The molecule has 1 unspecified atom stereocenters. The lowest BCUT2D eigenvalue weighted by molar-refractivity contribution is -0.141. The number of likely N-dealkylation sites (tertiary alicyclic amines) is 1. The molecule has 3 rings (SSSR count). The molecule has 0 bridgehead atoms. The van der Waals surface area contributed by atoms with Gasteiger partial charge in [-0.2, -0.15) is 0 Å². The molecule has 1 saturated heterocycles. The van der Waals surface area contributed by atoms with E-state index in [0.717, 1.165) is 57.2 Å². The number of carbonyl (C=O) groups excluding carboxylic acids is 1. The van der Waals surface area contributed by atoms with E-state index in [4.69, 9.17) is 0 Å². The lowest BCUT2D eigenvalue weighted by atomic mass is 9.68. The van der Waals surface area contributed by atoms with Gasteiger partial charge in [0.25, 0.3) is 0 Å². The first-order valence-corrected chi connectivity index (χ1v) is 9.25. The van der Waals surface area contributed by atoms with Crippen LogP contribution in [0.4, 0.5) is 4.39 Å². The van der Waals surface area contributed by atoms with Crippen LogP contribution in [0, 0.1) is 5.82 Å². The molecule has 3 nitrogen and oxygen atoms in total. The van der Waals surface area contributed by atoms with Gasteiger partial charge < -0.3 is 9.80 Å². The number of benzene rings is 1. The van der Waals surface area contributed by atoms with E-state index in [-0.39, 0.29) is 11.7 Å². The van der Waals surface area contributed by atoms with Crippen molar-refractivity contribution >= 4 is 5.91 Å². The maximum atomic E-state index is 13.8. The highest BCUT2D eigenvalue weighted by Crippen LogP contribution is 2.41. The third kappa shape index (κ3) is 3.34. The minimum absolute atomic E-state index is 0.222. The van der Waals surface area contributed by atoms with Crippen molar-refractivity contribution in [3.63, 3.8) is 0 Å². The quantitative estimate of drug-likeness (QED) is 0.845. The molecule has 1 saturated carbocycles. The monoisotopic (exact) mass is 332 g/mol. The maximum Gasteiger partial charge on any atom is 0.233 e. The Bertz CT molecular complexity index is 581. The first kappa shape index (κ1) is 17.4. The van der Waals surface area contributed by atoms with Crippen molar-refractivity contribution < 1.29 is 9.18 Å². The summed E-state index contributed by atoms with van der Waals surface area (Å²) in [6.07, 6.45) is 7.15. The zero-order valence-corrected chi connectivity index (χ0v) is 14.9. The van der Waals surface area contributed by atoms with Gasteiger partial charge in [0.2, 0.25) is 5.91 Å². The second-order valence-electron chi connectivity index (χ2n) is 7.66. The summed E-state index contributed by atoms with van der Waals surface area (Å²) in [5, 5.41) is 0. The standard InChI is InChI=1S/C20H29FN2O/c1-22(2)18-10-7-13-23(15-18)19(24)20(11-4-3-5-12-20)16-8-6-9-17(21)14-16/h6,8-9,14,18H,3-5,7,10-13,15H2,1-2H3. The highest BCUT2D eigenvalue weighted by molar-refractivity contribution is 5.88. The Morgan fingerprint density at radius 1 is 1.21 bits per heavy atom. The molecule has 132 valence electrons. The number of halogens is 1. The molecule has 2 fully saturated rings. The average Bonchev–Trinajstić information content (AvgIpc) is 2.61. The molecule has 1 aliphatic heterocycles. The van der Waals surface area contributed by atoms with Crippen LogP contribution in [0.15, 0.2) is 24.3 Å². The fraction of sp³-hybridized carbons (Fsp3) is 0.650. The first-order chi connectivity index (χ1) is 11.5. The molecule has 2 aliphatic rings. The van der Waals surface area contributed by atoms with Crippen molar-refractivity contribution in [3.05, 3.63) is 35.6 Å². The third-order valence-corrected chi connectivity index (χ3v) is 5.91. The number of carbonyl (C=O) groups is 1. The minimum atomic E-state index is -0.519. The van der Waals surface area contributed by atoms with Crippen molar-refractivity contribution in [2.24, 2.45) is 0 Å². The van der Waals surface area contributed by atoms with Crippen LogP contribution in [0.25, 0.3) is 0 Å². The van der Waals surface area contributed by atoms with Crippen LogP contribution in [-0.4, -0.2) is 48.9 Å². The van der Waals surface area contributed by atoms with Crippen molar-refractivity contribution in [1.82, 2.24) is 9.80 Å². The van der Waals surface area contributed by atoms with Gasteiger partial charge in [0, 0.05) is 19.1 Å². The summed E-state index contributed by atoms with van der Waals surface area (Å²) in [5.41, 5.74) is 0.355. The van der Waals surface area contributed by atoms with Gasteiger partial charge in [0.1, 0.15) is 5.82 Å². The van der Waals surface area contributed by atoms with Gasteiger partial charge in [0.05, 0.1) is 5.41 Å². The molecule has 1 atom stereocenters. The number of likely N-dealkylation sites (N-methyl/N-ethyl adjacent to an activating group) is 1. The van der Waals surface area contributed by atoms with E-state index >= 15 is 0 Å². The predicted molar refractivity (Wildman–Crippen MR) is 94.5 cm³/mol. The smallest absolute Gasteiger partial charge is 0.233 e. The zero-order valence-electron chi connectivity index (χ0n) is 14.9. The maximum absolute atomic E-state index is 13.8. The second kappa shape index (κ2) is 7.22. The molecule has 1 heterocycles. The Labute approximate surface area is 144 Å². The van der Waals surface area contributed by atoms with Gasteiger partial charge >= 0.3 is 0 Å². The van der Waals surface area contributed by atoms with Crippen LogP contribution >= 0.6 is 0 Å². The molecule has 1 amide bonds. The topological polar surface area (TPSA) is 23.6 Å². The van der Waals surface area contributed by atoms with E-state index in [1.54, 1.807) is 12.1 Å². The second-order valence-corrected chi connectivity index (χ2v) is 7.66. The van der Waals surface area contributed by atoms with Crippen molar-refractivity contribution in [2.75, 3.05) is 27.2 Å². The van der Waals surface area contributed by atoms with Crippen LogP contribution in [0.5, 0.6) is 0 Å². The number of hydrogen-bond donors (Lipinski definition) is 0. The van der Waals surface area contributed by atoms with Crippen molar-refractivity contribution in [1.29, 1.82) is 0 Å². The molecule has 0 spiro atoms. The summed E-state index contributed by atoms with van der Waals surface area (Å²) in [7, 11) is 4.17. The molecule has 24 heavy (non-hydrogen) atoms. The number of piperidine rings is 1. The third-order valence-electron chi connectivity index (χ3n) is 5.91. The molecule has 4 heteroatoms. The fourth-order valence-electron chi connectivity index (χ4n) is 4.43. The van der Waals surface area contributed by atoms with Gasteiger partial charge in [-0.1, -0.05) is 31.4 Å². The van der Waals surface area contributed by atoms with E-state index < -0.39 is 5.41 Å². The summed E-state index contributed by atoms with van der Waals surface area (Å²) in [6, 6.07) is 7.16. The van der Waals surface area contributed by atoms with E-state index in [0.29, 0.717) is 6.04 Å². The lowest BCUT2D eigenvalue weighted by Crippen LogP contribution is -2.54. The van der Waals surface area contributed by atoms with E-state index in [1.807, 2.05) is 11.0 Å². The Balaban J connectivity index is 1.89. The van der Waals surface area contributed by atoms with E-state index in [1.165, 1.54) is 12.5 Å². The average molecular weight is 332 g/mol. The number of nitrogens with zero attached hydrogens (tertiary/aromatic N) is 2. The van der Waals surface area contributed by atoms with E-state index in [2.05, 4.69) is 19.0 Å². The summed E-state index contributed by atoms with van der Waals surface area (Å²) in [4.78, 5) is 17.8. The SMILES string of the molecule is CN(C)C1CCCN(C(=O)C2(c3cccc(F)c3)CCCCC2)C1. The molecule has 1 aromatic rings. The number of amides is 1. The normalized spacial score (nSPS) is 24.2. The van der Waals surface area contributed by atoms with Gasteiger partial charge in [0.15, 0.2) is 0 Å². The summed E-state index contributed by atoms with van der Waals surface area (Å²) in [6.45, 7) is 1.63. The van der Waals surface area contributed by atoms with Gasteiger partial charge in [-0.25, -0.2) is 4.39 Å². The van der Waals surface area contributed by atoms with E-state index in [9.17, 15) is 9.18 Å². The first-order valence-electron chi connectivity index (χ1n) is 9.25. The Hall–Kier alpha value is -1.42. The number of hydrogen-bond acceptors (Lipinski definition) is 2. The summed E-state index contributed by atoms with van der Waals surface area (Å²) in [5.74, 6) is -0.0191. The lowest BCUT2D eigenvalue weighted by Gasteiger charge is -2.44. The Morgan fingerprint density at radius 3 is 2.62 bits per heavy atom. The highest BCUT2D eigenvalue weighted by atomic mass is 19.1. The van der Waals surface area contributed by atoms with Crippen LogP contribution in [0.1, 0.15) is 50.5 Å². The molecule has 0 N–H and O–H groups in total. The van der Waals surface area contributed by atoms with Gasteiger partial charge in [-0.3, -0.25) is 4.79 Å². The number of rotatable bonds is 3. The van der Waals surface area contributed by atoms with Gasteiger partial charge in [-0.05, 0) is 57.5 Å². The van der Waals surface area contributed by atoms with Crippen LogP contribution in [-0.2, 0) is 10.2 Å². The Kier molecular flexibility index (Phi) is 5.24. The largest absolute Gasteiger partial charge is 0.340 e. The molecular formula is C20H29FN2O. The van der Waals surface area contributed by atoms with Crippen LogP contribution in [0.2, 0.25) is 0 Å². The zero-order chi connectivity index (χ0) is 17.2. The minimum Gasteiger partial charge on any atom is -0.340 e. The molecule has 0 aromatic heterocycles. The van der Waals surface area contributed by atoms with Gasteiger partial charge in [-0.15, -0.1) is 0 Å². The molecular weight excluding hydrogens is 303 g/mol. The predicted octanol–water partition coefficient (Wildman–Crippen LogP) is 3.58. The Morgan fingerprint density at radius 2 is 1.96 bits per heavy atom. The highest BCUT2D eigenvalue weighted by Gasteiger charge is 2.44. The summed E-state index contributed by atoms with van der Waals surface area (Å²) < 4.78 is 13.8. The molecule has 0 radical (unpaired) electrons. The fourth-order valence-corrected chi connectivity index (χ4v) is 4.43. The summed E-state index contributed by atoms with van der Waals surface area (Å²) >= 11 is 0. The van der Waals surface area contributed by atoms with Crippen LogP contribution in [0.3, 0.4) is 0 Å².